The van der Waals surface area contributed by atoms with Gasteiger partial charge in [0.25, 0.3) is 5.91 Å². The van der Waals surface area contributed by atoms with E-state index in [1.807, 2.05) is 0 Å². The average Bonchev–Trinajstić information content (AvgIpc) is 2.69. The zero-order valence-corrected chi connectivity index (χ0v) is 18.5. The van der Waals surface area contributed by atoms with Crippen LogP contribution < -0.4 is 21.7 Å². The van der Waals surface area contributed by atoms with Gasteiger partial charge < -0.3 is 31.9 Å². The maximum absolute atomic E-state index is 12.8. The second-order valence-corrected chi connectivity index (χ2v) is 7.89. The summed E-state index contributed by atoms with van der Waals surface area (Å²) < 4.78 is 0. The third-order valence-electron chi connectivity index (χ3n) is 4.65. The molecule has 12 heteroatoms. The number of aliphatic carboxylic acids is 2. The number of anilines is 1. The highest BCUT2D eigenvalue weighted by Gasteiger charge is 2.35. The van der Waals surface area contributed by atoms with E-state index < -0.39 is 65.9 Å². The quantitative estimate of drug-likeness (QED) is 0.224. The zero-order valence-electron chi connectivity index (χ0n) is 18.5. The molecule has 0 radical (unpaired) electrons. The van der Waals surface area contributed by atoms with Crippen LogP contribution in [0.25, 0.3) is 0 Å². The maximum atomic E-state index is 12.8. The van der Waals surface area contributed by atoms with Gasteiger partial charge in [0, 0.05) is 12.1 Å². The van der Waals surface area contributed by atoms with Crippen molar-refractivity contribution >= 4 is 41.1 Å². The number of rotatable bonds is 12. The summed E-state index contributed by atoms with van der Waals surface area (Å²) in [5, 5.41) is 25.0. The molecule has 7 N–H and O–H groups in total. The molecule has 0 bridgehead atoms. The highest BCUT2D eigenvalue weighted by Crippen LogP contribution is 2.12. The summed E-state index contributed by atoms with van der Waals surface area (Å²) in [7, 11) is 0. The Morgan fingerprint density at radius 2 is 1.58 bits per heavy atom. The van der Waals surface area contributed by atoms with E-state index in [0.717, 1.165) is 6.92 Å². The molecule has 33 heavy (non-hydrogen) atoms. The minimum Gasteiger partial charge on any atom is -0.481 e. The van der Waals surface area contributed by atoms with Gasteiger partial charge in [0.05, 0.1) is 18.0 Å². The molecule has 0 unspecified atom stereocenters. The van der Waals surface area contributed by atoms with Crippen molar-refractivity contribution in [3.8, 4) is 0 Å². The van der Waals surface area contributed by atoms with Crippen molar-refractivity contribution in [3.63, 3.8) is 0 Å². The Labute approximate surface area is 189 Å². The molecule has 180 valence electrons. The lowest BCUT2D eigenvalue weighted by Gasteiger charge is -2.29. The van der Waals surface area contributed by atoms with Crippen LogP contribution in [0.1, 0.15) is 50.4 Å². The second-order valence-electron chi connectivity index (χ2n) is 7.89. The number of nitrogen functional groups attached to an aromatic ring is 1. The van der Waals surface area contributed by atoms with Crippen molar-refractivity contribution < 1.29 is 39.0 Å². The SMILES string of the molecule is CC(=O)[C@H](CC(=O)O)NC(=O)C(C)(C)NC(=O)[C@H](CCC(=O)O)NC(=O)c1ccccc1N. The fourth-order valence-corrected chi connectivity index (χ4v) is 2.74. The Kier molecular flexibility index (Phi) is 9.52. The predicted octanol–water partition coefficient (Wildman–Crippen LogP) is -0.325. The highest BCUT2D eigenvalue weighted by molar-refractivity contribution is 6.02. The van der Waals surface area contributed by atoms with Gasteiger partial charge in [-0.3, -0.25) is 28.8 Å². The van der Waals surface area contributed by atoms with Gasteiger partial charge in [-0.05, 0) is 39.3 Å². The summed E-state index contributed by atoms with van der Waals surface area (Å²) in [5.74, 6) is -5.48. The Bertz CT molecular complexity index is 944. The third kappa shape index (κ3) is 8.59. The van der Waals surface area contributed by atoms with Gasteiger partial charge in [-0.2, -0.15) is 0 Å². The van der Waals surface area contributed by atoms with E-state index in [-0.39, 0.29) is 17.7 Å². The van der Waals surface area contributed by atoms with Gasteiger partial charge in [0.1, 0.15) is 11.6 Å². The molecule has 0 aliphatic carbocycles. The number of hydrogen-bond acceptors (Lipinski definition) is 7. The summed E-state index contributed by atoms with van der Waals surface area (Å²) in [6.45, 7) is 3.74. The largest absolute Gasteiger partial charge is 0.481 e. The van der Waals surface area contributed by atoms with Crippen molar-refractivity contribution in [2.75, 3.05) is 5.73 Å². The normalized spacial score (nSPS) is 12.7. The van der Waals surface area contributed by atoms with Crippen LogP contribution >= 0.6 is 0 Å². The molecule has 3 amide bonds. The third-order valence-corrected chi connectivity index (χ3v) is 4.65. The summed E-state index contributed by atoms with van der Waals surface area (Å²) in [6.07, 6.45) is -1.35. The fourth-order valence-electron chi connectivity index (χ4n) is 2.74. The molecule has 0 heterocycles. The monoisotopic (exact) mass is 464 g/mol. The standard InChI is InChI=1S/C21H28N4O8/c1-11(26)15(10-17(29)30)24-20(33)21(2,3)25-19(32)14(8-9-16(27)28)23-18(31)12-6-4-5-7-13(12)22/h4-7,14-15H,8-10,22H2,1-3H3,(H,23,31)(H,24,33)(H,25,32)(H,27,28)(H,29,30)/t14-,15-/m0/s1. The van der Waals surface area contributed by atoms with E-state index in [9.17, 15) is 28.8 Å². The number of nitrogens with two attached hydrogens (primary N) is 1. The number of carboxylic acids is 2. The number of carboxylic acid groups (broad SMARTS) is 2. The van der Waals surface area contributed by atoms with E-state index in [4.69, 9.17) is 15.9 Å². The molecule has 0 saturated carbocycles. The molecule has 0 aliphatic heterocycles. The minimum atomic E-state index is -1.62. The lowest BCUT2D eigenvalue weighted by atomic mass is 10.0. The van der Waals surface area contributed by atoms with E-state index in [0.29, 0.717) is 0 Å². The molecule has 2 atom stereocenters. The van der Waals surface area contributed by atoms with Crippen LogP contribution in [-0.4, -0.2) is 63.3 Å². The summed E-state index contributed by atoms with van der Waals surface area (Å²) >= 11 is 0. The molecule has 0 spiro atoms. The van der Waals surface area contributed by atoms with Crippen molar-refractivity contribution in [2.45, 2.75) is 57.7 Å². The molecule has 0 saturated heterocycles. The van der Waals surface area contributed by atoms with E-state index in [2.05, 4.69) is 16.0 Å². The Hall–Kier alpha value is -3.96. The number of ketones is 1. The Morgan fingerprint density at radius 3 is 2.09 bits per heavy atom. The van der Waals surface area contributed by atoms with Crippen molar-refractivity contribution in [2.24, 2.45) is 0 Å². The van der Waals surface area contributed by atoms with Crippen LogP contribution in [0.4, 0.5) is 5.69 Å². The van der Waals surface area contributed by atoms with Crippen LogP contribution in [0.3, 0.4) is 0 Å². The first-order chi connectivity index (χ1) is 15.2. The average molecular weight is 464 g/mol. The van der Waals surface area contributed by atoms with E-state index >= 15 is 0 Å². The van der Waals surface area contributed by atoms with Gasteiger partial charge >= 0.3 is 11.9 Å². The van der Waals surface area contributed by atoms with Crippen LogP contribution in [0, 0.1) is 0 Å². The first kappa shape index (κ1) is 27.1. The molecule has 0 aliphatic rings. The first-order valence-corrected chi connectivity index (χ1v) is 9.97. The van der Waals surface area contributed by atoms with Gasteiger partial charge in [-0.25, -0.2) is 0 Å². The van der Waals surface area contributed by atoms with Crippen LogP contribution in [0.15, 0.2) is 24.3 Å². The second kappa shape index (κ2) is 11.6. The number of para-hydroxylation sites is 1. The van der Waals surface area contributed by atoms with Crippen molar-refractivity contribution in [1.29, 1.82) is 0 Å². The van der Waals surface area contributed by atoms with Crippen molar-refractivity contribution in [1.82, 2.24) is 16.0 Å². The smallest absolute Gasteiger partial charge is 0.305 e. The van der Waals surface area contributed by atoms with Gasteiger partial charge in [-0.15, -0.1) is 0 Å². The Morgan fingerprint density at radius 1 is 0.970 bits per heavy atom. The number of carbonyl (C=O) groups is 6. The number of Topliss-reactive ketones (excluding diaryl/α,β-unsaturated/α-hetero) is 1. The molecule has 1 rings (SSSR count). The lowest BCUT2D eigenvalue weighted by molar-refractivity contribution is -0.141. The van der Waals surface area contributed by atoms with Gasteiger partial charge in [0.15, 0.2) is 5.78 Å². The molecule has 1 aromatic carbocycles. The summed E-state index contributed by atoms with van der Waals surface area (Å²) in [5.41, 5.74) is 4.38. The van der Waals surface area contributed by atoms with Crippen molar-refractivity contribution in [3.05, 3.63) is 29.8 Å². The van der Waals surface area contributed by atoms with Gasteiger partial charge in [0.2, 0.25) is 11.8 Å². The Balaban J connectivity index is 2.99. The zero-order chi connectivity index (χ0) is 25.3. The molecule has 1 aromatic rings. The molecule has 0 aromatic heterocycles. The molecular weight excluding hydrogens is 436 g/mol. The molecule has 0 fully saturated rings. The number of hydrogen-bond donors (Lipinski definition) is 6. The highest BCUT2D eigenvalue weighted by atomic mass is 16.4. The topological polar surface area (TPSA) is 205 Å². The first-order valence-electron chi connectivity index (χ1n) is 9.97. The number of benzene rings is 1. The molecule has 12 nitrogen and oxygen atoms in total. The summed E-state index contributed by atoms with van der Waals surface area (Å²) in [6, 6.07) is 3.47. The van der Waals surface area contributed by atoms with Gasteiger partial charge in [-0.1, -0.05) is 12.1 Å². The van der Waals surface area contributed by atoms with E-state index in [1.54, 1.807) is 12.1 Å². The molecular formula is C21H28N4O8. The fraction of sp³-hybridized carbons (Fsp3) is 0.429. The van der Waals surface area contributed by atoms with Crippen LogP contribution in [0.2, 0.25) is 0 Å². The maximum Gasteiger partial charge on any atom is 0.305 e. The minimum absolute atomic E-state index is 0.0839. The van der Waals surface area contributed by atoms with E-state index in [1.165, 1.54) is 26.0 Å². The lowest BCUT2D eigenvalue weighted by Crippen LogP contribution is -2.61. The number of amides is 3. The summed E-state index contributed by atoms with van der Waals surface area (Å²) in [4.78, 5) is 71.5. The number of nitrogens with one attached hydrogen (secondary N) is 3. The number of carbonyl (C=O) groups excluding carboxylic acids is 4. The predicted molar refractivity (Wildman–Crippen MR) is 116 cm³/mol. The van der Waals surface area contributed by atoms with Crippen LogP contribution in [0.5, 0.6) is 0 Å². The van der Waals surface area contributed by atoms with Crippen LogP contribution in [-0.2, 0) is 24.0 Å².